The Labute approximate surface area is 90.7 Å². The second kappa shape index (κ2) is 5.31. The van der Waals surface area contributed by atoms with Crippen LogP contribution in [0.1, 0.15) is 6.42 Å². The van der Waals surface area contributed by atoms with E-state index in [4.69, 9.17) is 10.5 Å². The number of rotatable bonds is 3. The van der Waals surface area contributed by atoms with Gasteiger partial charge in [0.1, 0.15) is 6.04 Å². The summed E-state index contributed by atoms with van der Waals surface area (Å²) in [6, 6.07) is -0.602. The van der Waals surface area contributed by atoms with Crippen LogP contribution in [-0.2, 0) is 14.3 Å². The maximum Gasteiger partial charge on any atom is 0.242 e. The van der Waals surface area contributed by atoms with E-state index < -0.39 is 11.9 Å². The molecule has 0 aliphatic carbocycles. The molecule has 1 aliphatic heterocycles. The smallest absolute Gasteiger partial charge is 0.242 e. The molecule has 1 heterocycles. The normalized spacial score (nSPS) is 22.1. The van der Waals surface area contributed by atoms with Gasteiger partial charge in [-0.1, -0.05) is 15.9 Å². The van der Waals surface area contributed by atoms with Gasteiger partial charge in [-0.25, -0.2) is 0 Å². The highest BCUT2D eigenvalue weighted by Gasteiger charge is 2.30. The van der Waals surface area contributed by atoms with Crippen LogP contribution >= 0.6 is 15.9 Å². The minimum absolute atomic E-state index is 0.0611. The standard InChI is InChI=1S/C8H13BrN2O3/c9-2-1-7(12)11-3-4-14-5-6(11)8(10)13/h6H,1-5H2,(H2,10,13). The Morgan fingerprint density at radius 2 is 2.29 bits per heavy atom. The molecule has 0 bridgehead atoms. The predicted molar refractivity (Wildman–Crippen MR) is 53.9 cm³/mol. The van der Waals surface area contributed by atoms with Gasteiger partial charge in [0.15, 0.2) is 0 Å². The summed E-state index contributed by atoms with van der Waals surface area (Å²) in [5, 5.41) is 0.592. The lowest BCUT2D eigenvalue weighted by molar-refractivity contribution is -0.146. The molecule has 1 rings (SSSR count). The maximum absolute atomic E-state index is 11.5. The number of nitrogens with zero attached hydrogens (tertiary/aromatic N) is 1. The first kappa shape index (κ1) is 11.5. The van der Waals surface area contributed by atoms with Crippen molar-refractivity contribution in [3.8, 4) is 0 Å². The molecule has 0 saturated carbocycles. The van der Waals surface area contributed by atoms with Gasteiger partial charge in [-0.3, -0.25) is 9.59 Å². The number of carbonyl (C=O) groups excluding carboxylic acids is 2. The van der Waals surface area contributed by atoms with Crippen molar-refractivity contribution in [1.82, 2.24) is 4.90 Å². The molecule has 1 atom stereocenters. The first-order valence-electron chi connectivity index (χ1n) is 4.39. The second-order valence-electron chi connectivity index (χ2n) is 3.02. The summed E-state index contributed by atoms with van der Waals surface area (Å²) in [6.45, 7) is 1.13. The Kier molecular flexibility index (Phi) is 4.34. The molecular weight excluding hydrogens is 252 g/mol. The highest BCUT2D eigenvalue weighted by atomic mass is 79.9. The van der Waals surface area contributed by atoms with Gasteiger partial charge in [-0.2, -0.15) is 0 Å². The number of primary amides is 1. The van der Waals surface area contributed by atoms with E-state index in [0.29, 0.717) is 24.9 Å². The fourth-order valence-corrected chi connectivity index (χ4v) is 1.70. The third-order valence-electron chi connectivity index (χ3n) is 2.09. The number of nitrogens with two attached hydrogens (primary N) is 1. The van der Waals surface area contributed by atoms with Crippen molar-refractivity contribution >= 4 is 27.7 Å². The number of ether oxygens (including phenoxy) is 1. The molecule has 1 fully saturated rings. The molecular formula is C8H13BrN2O3. The van der Waals surface area contributed by atoms with E-state index in [0.717, 1.165) is 0 Å². The Hall–Kier alpha value is -0.620. The number of hydrogen-bond acceptors (Lipinski definition) is 3. The Balaban J connectivity index is 2.62. The molecule has 1 unspecified atom stereocenters. The van der Waals surface area contributed by atoms with E-state index in [1.165, 1.54) is 4.90 Å². The fourth-order valence-electron chi connectivity index (χ4n) is 1.36. The van der Waals surface area contributed by atoms with Crippen molar-refractivity contribution in [1.29, 1.82) is 0 Å². The fraction of sp³-hybridized carbons (Fsp3) is 0.750. The average Bonchev–Trinajstić information content (AvgIpc) is 2.18. The summed E-state index contributed by atoms with van der Waals surface area (Å²) in [5.74, 6) is -0.568. The van der Waals surface area contributed by atoms with Gasteiger partial charge < -0.3 is 15.4 Å². The van der Waals surface area contributed by atoms with E-state index in [1.54, 1.807) is 0 Å². The van der Waals surface area contributed by atoms with Crippen LogP contribution in [0.3, 0.4) is 0 Å². The molecule has 0 radical (unpaired) electrons. The first-order valence-corrected chi connectivity index (χ1v) is 5.51. The average molecular weight is 265 g/mol. The molecule has 0 spiro atoms. The molecule has 0 aromatic carbocycles. The topological polar surface area (TPSA) is 72.6 Å². The summed E-state index contributed by atoms with van der Waals surface area (Å²) in [4.78, 5) is 24.0. The lowest BCUT2D eigenvalue weighted by Gasteiger charge is -2.33. The number of amides is 2. The third kappa shape index (κ3) is 2.68. The number of carbonyl (C=O) groups is 2. The van der Waals surface area contributed by atoms with E-state index in [1.807, 2.05) is 0 Å². The number of halogens is 1. The van der Waals surface area contributed by atoms with Gasteiger partial charge in [-0.15, -0.1) is 0 Å². The summed E-state index contributed by atoms with van der Waals surface area (Å²) >= 11 is 3.18. The molecule has 1 saturated heterocycles. The lowest BCUT2D eigenvalue weighted by atomic mass is 10.2. The Morgan fingerprint density at radius 3 is 2.86 bits per heavy atom. The zero-order chi connectivity index (χ0) is 10.6. The molecule has 0 aromatic rings. The minimum atomic E-state index is -0.602. The monoisotopic (exact) mass is 264 g/mol. The SMILES string of the molecule is NC(=O)C1COCCN1C(=O)CCBr. The van der Waals surface area contributed by atoms with Crippen molar-refractivity contribution in [3.05, 3.63) is 0 Å². The predicted octanol–water partition coefficient (Wildman–Crippen LogP) is -0.516. The van der Waals surface area contributed by atoms with Gasteiger partial charge in [0.25, 0.3) is 0 Å². The van der Waals surface area contributed by atoms with Crippen LogP contribution in [0.4, 0.5) is 0 Å². The number of alkyl halides is 1. The van der Waals surface area contributed by atoms with Crippen molar-refractivity contribution in [2.24, 2.45) is 5.73 Å². The van der Waals surface area contributed by atoms with E-state index in [2.05, 4.69) is 15.9 Å². The minimum Gasteiger partial charge on any atom is -0.377 e. The third-order valence-corrected chi connectivity index (χ3v) is 2.48. The highest BCUT2D eigenvalue weighted by Crippen LogP contribution is 2.09. The van der Waals surface area contributed by atoms with E-state index >= 15 is 0 Å². The first-order chi connectivity index (χ1) is 6.66. The maximum atomic E-state index is 11.5. The summed E-state index contributed by atoms with van der Waals surface area (Å²) in [5.41, 5.74) is 5.17. The lowest BCUT2D eigenvalue weighted by Crippen LogP contribution is -2.54. The number of hydrogen-bond donors (Lipinski definition) is 1. The molecule has 80 valence electrons. The van der Waals surface area contributed by atoms with Crippen molar-refractivity contribution in [2.75, 3.05) is 25.1 Å². The van der Waals surface area contributed by atoms with Crippen LogP contribution in [0.15, 0.2) is 0 Å². The van der Waals surface area contributed by atoms with Crippen LogP contribution in [0.5, 0.6) is 0 Å². The van der Waals surface area contributed by atoms with Gasteiger partial charge >= 0.3 is 0 Å². The van der Waals surface area contributed by atoms with Gasteiger partial charge in [0.05, 0.1) is 13.2 Å². The zero-order valence-electron chi connectivity index (χ0n) is 7.74. The molecule has 5 nitrogen and oxygen atoms in total. The second-order valence-corrected chi connectivity index (χ2v) is 3.81. The van der Waals surface area contributed by atoms with E-state index in [-0.39, 0.29) is 12.5 Å². The van der Waals surface area contributed by atoms with Crippen LogP contribution in [-0.4, -0.2) is 47.8 Å². The van der Waals surface area contributed by atoms with Crippen molar-refractivity contribution < 1.29 is 14.3 Å². The Morgan fingerprint density at radius 1 is 1.57 bits per heavy atom. The van der Waals surface area contributed by atoms with Gasteiger partial charge in [0.2, 0.25) is 11.8 Å². The van der Waals surface area contributed by atoms with E-state index in [9.17, 15) is 9.59 Å². The molecule has 14 heavy (non-hydrogen) atoms. The van der Waals surface area contributed by atoms with Crippen LogP contribution in [0.25, 0.3) is 0 Å². The van der Waals surface area contributed by atoms with Crippen LogP contribution in [0.2, 0.25) is 0 Å². The molecule has 1 aliphatic rings. The van der Waals surface area contributed by atoms with Crippen LogP contribution < -0.4 is 5.73 Å². The van der Waals surface area contributed by atoms with Gasteiger partial charge in [0, 0.05) is 18.3 Å². The van der Waals surface area contributed by atoms with Crippen LogP contribution in [0, 0.1) is 0 Å². The molecule has 2 N–H and O–H groups in total. The number of morpholine rings is 1. The highest BCUT2D eigenvalue weighted by molar-refractivity contribution is 9.09. The molecule has 2 amide bonds. The summed E-state index contributed by atoms with van der Waals surface area (Å²) < 4.78 is 5.10. The largest absolute Gasteiger partial charge is 0.377 e. The van der Waals surface area contributed by atoms with Crippen molar-refractivity contribution in [2.45, 2.75) is 12.5 Å². The van der Waals surface area contributed by atoms with Crippen molar-refractivity contribution in [3.63, 3.8) is 0 Å². The molecule has 0 aromatic heterocycles. The quantitative estimate of drug-likeness (QED) is 0.698. The zero-order valence-corrected chi connectivity index (χ0v) is 9.33. The Bertz CT molecular complexity index is 235. The summed E-state index contributed by atoms with van der Waals surface area (Å²) in [7, 11) is 0. The van der Waals surface area contributed by atoms with Gasteiger partial charge in [-0.05, 0) is 0 Å². The molecule has 6 heteroatoms. The summed E-state index contributed by atoms with van der Waals surface area (Å²) in [6.07, 6.45) is 0.379.